The minimum Gasteiger partial charge on any atom is -0.293 e. The molecule has 1 atom stereocenters. The fraction of sp³-hybridized carbons (Fsp3) is 0.500. The second kappa shape index (κ2) is 2.33. The van der Waals surface area contributed by atoms with Crippen molar-refractivity contribution in [3.05, 3.63) is 16.3 Å². The number of hydrogen-bond acceptors (Lipinski definition) is 2. The highest BCUT2D eigenvalue weighted by atomic mass is 32.2. The second-order valence-electron chi connectivity index (χ2n) is 3.39. The van der Waals surface area contributed by atoms with E-state index in [4.69, 9.17) is 0 Å². The van der Waals surface area contributed by atoms with Gasteiger partial charge >= 0.3 is 0 Å². The molecule has 1 aromatic rings. The van der Waals surface area contributed by atoms with Crippen LogP contribution < -0.4 is 4.31 Å². The molecule has 2 nitrogen and oxygen atoms in total. The zero-order chi connectivity index (χ0) is 8.93. The maximum atomic E-state index is 11.8. The molecule has 0 fully saturated rings. The molecule has 1 unspecified atom stereocenters. The summed E-state index contributed by atoms with van der Waals surface area (Å²) in [6.45, 7) is 4.06. The van der Waals surface area contributed by atoms with Crippen molar-refractivity contribution in [3.8, 4) is 0 Å². The van der Waals surface area contributed by atoms with Crippen LogP contribution in [0, 0.1) is 0 Å². The number of anilines is 1. The third-order valence-corrected chi connectivity index (χ3v) is 5.34. The smallest absolute Gasteiger partial charge is 0.130 e. The lowest BCUT2D eigenvalue weighted by molar-refractivity contribution is 0.653. The summed E-state index contributed by atoms with van der Waals surface area (Å²) in [5.74, 6) is 0. The first-order valence-electron chi connectivity index (χ1n) is 3.79. The van der Waals surface area contributed by atoms with Crippen LogP contribution in [0.25, 0.3) is 0 Å². The highest BCUT2D eigenvalue weighted by molar-refractivity contribution is 7.88. The SMILES string of the molecule is CN1c2ccsc2C(C)(C)S1=O. The maximum Gasteiger partial charge on any atom is 0.130 e. The first kappa shape index (κ1) is 8.26. The third kappa shape index (κ3) is 0.821. The van der Waals surface area contributed by atoms with E-state index in [-0.39, 0.29) is 4.75 Å². The second-order valence-corrected chi connectivity index (χ2v) is 6.37. The quantitative estimate of drug-likeness (QED) is 0.629. The molecule has 4 heteroatoms. The number of thiophene rings is 1. The van der Waals surface area contributed by atoms with Crippen LogP contribution in [-0.4, -0.2) is 11.3 Å². The Morgan fingerprint density at radius 3 is 2.83 bits per heavy atom. The lowest BCUT2D eigenvalue weighted by Gasteiger charge is -2.17. The van der Waals surface area contributed by atoms with E-state index in [1.807, 2.05) is 31.3 Å². The van der Waals surface area contributed by atoms with Gasteiger partial charge in [-0.2, -0.15) is 0 Å². The lowest BCUT2D eigenvalue weighted by Crippen LogP contribution is -2.26. The topological polar surface area (TPSA) is 20.3 Å². The van der Waals surface area contributed by atoms with E-state index in [1.54, 1.807) is 11.3 Å². The Morgan fingerprint density at radius 1 is 1.58 bits per heavy atom. The summed E-state index contributed by atoms with van der Waals surface area (Å²) >= 11 is 1.69. The van der Waals surface area contributed by atoms with Gasteiger partial charge in [0.05, 0.1) is 10.4 Å². The van der Waals surface area contributed by atoms with Gasteiger partial charge in [-0.1, -0.05) is 0 Å². The highest BCUT2D eigenvalue weighted by Crippen LogP contribution is 2.46. The molecule has 0 N–H and O–H groups in total. The van der Waals surface area contributed by atoms with Crippen molar-refractivity contribution >= 4 is 28.0 Å². The van der Waals surface area contributed by atoms with E-state index in [1.165, 1.54) is 4.88 Å². The van der Waals surface area contributed by atoms with Crippen molar-refractivity contribution in [2.75, 3.05) is 11.4 Å². The number of nitrogens with zero attached hydrogens (tertiary/aromatic N) is 1. The molecule has 0 bridgehead atoms. The molecule has 0 saturated heterocycles. The van der Waals surface area contributed by atoms with Crippen LogP contribution in [0.3, 0.4) is 0 Å². The first-order chi connectivity index (χ1) is 5.55. The molecule has 0 aliphatic carbocycles. The number of hydrogen-bond donors (Lipinski definition) is 0. The zero-order valence-corrected chi connectivity index (χ0v) is 8.96. The van der Waals surface area contributed by atoms with Crippen molar-refractivity contribution in [1.29, 1.82) is 0 Å². The Bertz CT molecular complexity index is 343. The molecule has 0 aromatic carbocycles. The van der Waals surface area contributed by atoms with Gasteiger partial charge in [-0.3, -0.25) is 4.31 Å². The molecule has 2 heterocycles. The van der Waals surface area contributed by atoms with Crippen LogP contribution in [0.1, 0.15) is 18.7 Å². The van der Waals surface area contributed by atoms with E-state index in [0.29, 0.717) is 0 Å². The van der Waals surface area contributed by atoms with E-state index in [2.05, 4.69) is 5.38 Å². The molecular formula is C8H11NOS2. The molecule has 66 valence electrons. The summed E-state index contributed by atoms with van der Waals surface area (Å²) in [7, 11) is 0.986. The van der Waals surface area contributed by atoms with E-state index < -0.39 is 11.0 Å². The van der Waals surface area contributed by atoms with E-state index in [9.17, 15) is 4.21 Å². The molecule has 1 aliphatic heterocycles. The summed E-state index contributed by atoms with van der Waals surface area (Å²) < 4.78 is 13.4. The van der Waals surface area contributed by atoms with E-state index >= 15 is 0 Å². The summed E-state index contributed by atoms with van der Waals surface area (Å²) in [5.41, 5.74) is 1.13. The van der Waals surface area contributed by atoms with Crippen LogP contribution in [0.15, 0.2) is 11.4 Å². The Labute approximate surface area is 78.8 Å². The standard InChI is InChI=1S/C8H11NOS2/c1-8(2)7-6(4-5-11-7)9(3)12(8)10/h4-5H,1-3H3. The molecule has 2 rings (SSSR count). The van der Waals surface area contributed by atoms with Crippen molar-refractivity contribution in [1.82, 2.24) is 0 Å². The normalized spacial score (nSPS) is 25.9. The van der Waals surface area contributed by atoms with Gasteiger partial charge in [-0.15, -0.1) is 11.3 Å². The largest absolute Gasteiger partial charge is 0.293 e. The van der Waals surface area contributed by atoms with E-state index in [0.717, 1.165) is 5.69 Å². The fourth-order valence-corrected chi connectivity index (χ4v) is 4.15. The molecule has 0 spiro atoms. The molecule has 1 aliphatic rings. The summed E-state index contributed by atoms with van der Waals surface area (Å²) in [6.07, 6.45) is 0. The molecule has 12 heavy (non-hydrogen) atoms. The minimum atomic E-state index is -0.900. The molecule has 1 aromatic heterocycles. The van der Waals surface area contributed by atoms with Crippen molar-refractivity contribution < 1.29 is 4.21 Å². The van der Waals surface area contributed by atoms with Crippen LogP contribution in [0.4, 0.5) is 5.69 Å². The van der Waals surface area contributed by atoms with Gasteiger partial charge in [0, 0.05) is 11.9 Å². The molecular weight excluding hydrogens is 190 g/mol. The van der Waals surface area contributed by atoms with Crippen molar-refractivity contribution in [3.63, 3.8) is 0 Å². The Kier molecular flexibility index (Phi) is 1.60. The Hall–Kier alpha value is -0.350. The molecule has 0 radical (unpaired) electrons. The van der Waals surface area contributed by atoms with Gasteiger partial charge in [0.15, 0.2) is 0 Å². The highest BCUT2D eigenvalue weighted by Gasteiger charge is 2.42. The third-order valence-electron chi connectivity index (χ3n) is 2.22. The van der Waals surface area contributed by atoms with Crippen molar-refractivity contribution in [2.24, 2.45) is 0 Å². The predicted octanol–water partition coefficient (Wildman–Crippen LogP) is 2.10. The Morgan fingerprint density at radius 2 is 2.25 bits per heavy atom. The van der Waals surface area contributed by atoms with Crippen LogP contribution in [-0.2, 0) is 15.7 Å². The van der Waals surface area contributed by atoms with Gasteiger partial charge < -0.3 is 0 Å². The minimum absolute atomic E-state index is 0.196. The van der Waals surface area contributed by atoms with Gasteiger partial charge in [0.25, 0.3) is 0 Å². The lowest BCUT2D eigenvalue weighted by atomic mass is 10.1. The summed E-state index contributed by atoms with van der Waals surface area (Å²) in [5, 5.41) is 2.05. The summed E-state index contributed by atoms with van der Waals surface area (Å²) in [6, 6.07) is 2.03. The van der Waals surface area contributed by atoms with Gasteiger partial charge in [0.1, 0.15) is 11.0 Å². The monoisotopic (exact) mass is 201 g/mol. The van der Waals surface area contributed by atoms with Gasteiger partial charge in [-0.25, -0.2) is 4.21 Å². The van der Waals surface area contributed by atoms with Gasteiger partial charge in [-0.05, 0) is 25.3 Å². The molecule has 0 amide bonds. The van der Waals surface area contributed by atoms with Gasteiger partial charge in [0.2, 0.25) is 0 Å². The summed E-state index contributed by atoms with van der Waals surface area (Å²) in [4.78, 5) is 1.24. The number of fused-ring (bicyclic) bond motifs is 1. The fourth-order valence-electron chi connectivity index (χ4n) is 1.51. The van der Waals surface area contributed by atoms with Crippen LogP contribution in [0.2, 0.25) is 0 Å². The van der Waals surface area contributed by atoms with Crippen LogP contribution in [0.5, 0.6) is 0 Å². The van der Waals surface area contributed by atoms with Crippen molar-refractivity contribution in [2.45, 2.75) is 18.6 Å². The average molecular weight is 201 g/mol. The Balaban J connectivity index is 2.64. The van der Waals surface area contributed by atoms with Crippen LogP contribution >= 0.6 is 11.3 Å². The number of rotatable bonds is 0. The average Bonchev–Trinajstić information content (AvgIpc) is 2.54. The molecule has 0 saturated carbocycles. The predicted molar refractivity (Wildman–Crippen MR) is 53.9 cm³/mol. The zero-order valence-electron chi connectivity index (χ0n) is 7.33. The maximum absolute atomic E-state index is 11.8. The first-order valence-corrected chi connectivity index (χ1v) is 5.77.